The minimum absolute atomic E-state index is 0.214. The Balaban J connectivity index is 1.26. The number of hydrogen-bond acceptors (Lipinski definition) is 6. The number of nitrogens with zero attached hydrogens (tertiary/aromatic N) is 6. The lowest BCUT2D eigenvalue weighted by Gasteiger charge is -2.48. The third kappa shape index (κ3) is 4.39. The second-order valence-corrected chi connectivity index (χ2v) is 9.46. The average molecular weight is 478 g/mol. The molecule has 2 atom stereocenters. The van der Waals surface area contributed by atoms with Crippen LogP contribution in [-0.4, -0.2) is 54.3 Å². The largest absolute Gasteiger partial charge is 0.370 e. The molecule has 1 aromatic carbocycles. The molecule has 11 heteroatoms. The van der Waals surface area contributed by atoms with E-state index in [2.05, 4.69) is 43.4 Å². The highest BCUT2D eigenvalue weighted by atomic mass is 35.5. The van der Waals surface area contributed by atoms with E-state index >= 15 is 0 Å². The molecular formula is C22H26ClF2N7O. The van der Waals surface area contributed by atoms with Crippen molar-refractivity contribution in [3.8, 4) is 0 Å². The van der Waals surface area contributed by atoms with Gasteiger partial charge in [-0.25, -0.2) is 9.67 Å². The highest BCUT2D eigenvalue weighted by Crippen LogP contribution is 2.44. The molecule has 4 heterocycles. The van der Waals surface area contributed by atoms with Crippen LogP contribution in [0.15, 0.2) is 24.4 Å². The van der Waals surface area contributed by atoms with E-state index in [1.807, 2.05) is 12.1 Å². The number of rotatable bonds is 5. The molecule has 1 spiro atoms. The van der Waals surface area contributed by atoms with Crippen LogP contribution in [0.2, 0.25) is 5.02 Å². The number of ether oxygens (including phenoxy) is 1. The van der Waals surface area contributed by atoms with Crippen LogP contribution in [0.5, 0.6) is 0 Å². The van der Waals surface area contributed by atoms with Crippen LogP contribution in [0.1, 0.15) is 48.2 Å². The maximum absolute atomic E-state index is 14.5. The Labute approximate surface area is 195 Å². The van der Waals surface area contributed by atoms with Gasteiger partial charge in [-0.3, -0.25) is 10.00 Å². The Hall–Kier alpha value is -2.43. The first kappa shape index (κ1) is 22.4. The fraction of sp³-hybridized carbons (Fsp3) is 0.545. The van der Waals surface area contributed by atoms with Gasteiger partial charge in [0.25, 0.3) is 0 Å². The number of aromatic nitrogens is 6. The molecule has 0 bridgehead atoms. The molecule has 2 aliphatic rings. The third-order valence-corrected chi connectivity index (χ3v) is 6.84. The minimum Gasteiger partial charge on any atom is -0.370 e. The van der Waals surface area contributed by atoms with Crippen LogP contribution in [0.3, 0.4) is 0 Å². The highest BCUT2D eigenvalue weighted by molar-refractivity contribution is 6.30. The summed E-state index contributed by atoms with van der Waals surface area (Å²) in [6.07, 6.45) is 4.13. The Kier molecular flexibility index (Phi) is 5.70. The molecule has 33 heavy (non-hydrogen) atoms. The molecule has 0 radical (unpaired) electrons. The zero-order valence-corrected chi connectivity index (χ0v) is 19.3. The summed E-state index contributed by atoms with van der Waals surface area (Å²) in [6, 6.07) is 6.30. The lowest BCUT2D eigenvalue weighted by molar-refractivity contribution is -0.113. The molecular weight excluding hydrogens is 452 g/mol. The minimum atomic E-state index is -3.24. The average Bonchev–Trinajstić information content (AvgIpc) is 3.40. The van der Waals surface area contributed by atoms with Gasteiger partial charge in [0.05, 0.1) is 24.1 Å². The van der Waals surface area contributed by atoms with E-state index in [0.717, 1.165) is 35.5 Å². The molecule has 1 N–H and O–H groups in total. The van der Waals surface area contributed by atoms with Gasteiger partial charge in [-0.2, -0.15) is 13.9 Å². The number of benzene rings is 1. The lowest BCUT2D eigenvalue weighted by atomic mass is 9.77. The summed E-state index contributed by atoms with van der Waals surface area (Å²) in [6.45, 7) is 5.11. The van der Waals surface area contributed by atoms with E-state index in [1.165, 1.54) is 11.1 Å². The fourth-order valence-corrected chi connectivity index (χ4v) is 5.14. The van der Waals surface area contributed by atoms with Crippen molar-refractivity contribution >= 4 is 11.6 Å². The van der Waals surface area contributed by atoms with Crippen LogP contribution in [0.4, 0.5) is 8.78 Å². The molecule has 2 aromatic heterocycles. The fourth-order valence-electron chi connectivity index (χ4n) is 4.97. The SMILES string of the molecule is Cc1nc(C(F)(F)Cn2cc(CN3CCC4(C[C@@H]3C)OCCc3ccc(Cl)cc34)nn2)n[nH]1. The summed E-state index contributed by atoms with van der Waals surface area (Å²) in [7, 11) is 0. The maximum Gasteiger partial charge on any atom is 0.327 e. The topological polar surface area (TPSA) is 84.8 Å². The summed E-state index contributed by atoms with van der Waals surface area (Å²) in [5.41, 5.74) is 2.82. The van der Waals surface area contributed by atoms with E-state index in [1.54, 1.807) is 13.1 Å². The third-order valence-electron chi connectivity index (χ3n) is 6.60. The van der Waals surface area contributed by atoms with Crippen molar-refractivity contribution in [1.29, 1.82) is 0 Å². The van der Waals surface area contributed by atoms with Crippen LogP contribution in [-0.2, 0) is 35.8 Å². The highest BCUT2D eigenvalue weighted by Gasteiger charge is 2.44. The Morgan fingerprint density at radius 1 is 1.36 bits per heavy atom. The number of hydrogen-bond donors (Lipinski definition) is 1. The summed E-state index contributed by atoms with van der Waals surface area (Å²) >= 11 is 6.29. The smallest absolute Gasteiger partial charge is 0.327 e. The standard InChI is InChI=1S/C22H26ClF2N7O/c1-14-10-21(19-9-17(23)4-3-16(19)5-8-33-21)6-7-31(14)11-18-12-32(30-28-18)13-22(24,25)20-26-15(2)27-29-20/h3-4,9,12,14H,5-8,10-11,13H2,1-2H3,(H,26,27,29)/t14-,21?/m0/s1. The van der Waals surface area contributed by atoms with Crippen LogP contribution in [0.25, 0.3) is 0 Å². The molecule has 0 aliphatic carbocycles. The van der Waals surface area contributed by atoms with Gasteiger partial charge in [0.2, 0.25) is 5.82 Å². The van der Waals surface area contributed by atoms with Crippen molar-refractivity contribution < 1.29 is 13.5 Å². The van der Waals surface area contributed by atoms with Gasteiger partial charge in [0.1, 0.15) is 12.4 Å². The molecule has 5 rings (SSSR count). The van der Waals surface area contributed by atoms with Crippen molar-refractivity contribution in [2.24, 2.45) is 0 Å². The first-order valence-electron chi connectivity index (χ1n) is 11.1. The molecule has 1 fully saturated rings. The number of piperidine rings is 1. The molecule has 3 aromatic rings. The zero-order valence-electron chi connectivity index (χ0n) is 18.6. The molecule has 0 saturated carbocycles. The van der Waals surface area contributed by atoms with Crippen LogP contribution >= 0.6 is 11.6 Å². The number of alkyl halides is 2. The first-order chi connectivity index (χ1) is 15.7. The number of H-pyrrole nitrogens is 1. The Bertz CT molecular complexity index is 1150. The number of likely N-dealkylation sites (tertiary alicyclic amines) is 1. The monoisotopic (exact) mass is 477 g/mol. The van der Waals surface area contributed by atoms with E-state index in [-0.39, 0.29) is 11.6 Å². The predicted molar refractivity (Wildman–Crippen MR) is 117 cm³/mol. The van der Waals surface area contributed by atoms with Gasteiger partial charge in [0.15, 0.2) is 0 Å². The number of nitrogens with one attached hydrogen (secondary N) is 1. The summed E-state index contributed by atoms with van der Waals surface area (Å²) < 4.78 is 36.4. The van der Waals surface area contributed by atoms with Gasteiger partial charge in [-0.1, -0.05) is 22.9 Å². The zero-order chi connectivity index (χ0) is 23.2. The predicted octanol–water partition coefficient (Wildman–Crippen LogP) is 3.60. The van der Waals surface area contributed by atoms with Crippen molar-refractivity contribution in [2.75, 3.05) is 13.2 Å². The Morgan fingerprint density at radius 3 is 2.97 bits per heavy atom. The van der Waals surface area contributed by atoms with Gasteiger partial charge in [-0.05, 0) is 56.4 Å². The first-order valence-corrected chi connectivity index (χ1v) is 11.5. The van der Waals surface area contributed by atoms with E-state index < -0.39 is 18.3 Å². The van der Waals surface area contributed by atoms with Crippen LogP contribution in [0, 0.1) is 6.92 Å². The van der Waals surface area contributed by atoms with E-state index in [9.17, 15) is 8.78 Å². The van der Waals surface area contributed by atoms with E-state index in [0.29, 0.717) is 24.7 Å². The summed E-state index contributed by atoms with van der Waals surface area (Å²) in [5.74, 6) is -3.44. The summed E-state index contributed by atoms with van der Waals surface area (Å²) in [4.78, 5) is 6.04. The maximum atomic E-state index is 14.5. The van der Waals surface area contributed by atoms with Gasteiger partial charge >= 0.3 is 5.92 Å². The van der Waals surface area contributed by atoms with Gasteiger partial charge in [-0.15, -0.1) is 5.10 Å². The van der Waals surface area contributed by atoms with Gasteiger partial charge in [0, 0.05) is 24.2 Å². The second kappa shape index (κ2) is 8.41. The molecule has 1 saturated heterocycles. The molecule has 1 unspecified atom stereocenters. The van der Waals surface area contributed by atoms with Crippen molar-refractivity contribution in [3.05, 3.63) is 57.9 Å². The molecule has 8 nitrogen and oxygen atoms in total. The van der Waals surface area contributed by atoms with Crippen molar-refractivity contribution in [3.63, 3.8) is 0 Å². The van der Waals surface area contributed by atoms with Crippen LogP contribution < -0.4 is 0 Å². The van der Waals surface area contributed by atoms with Gasteiger partial charge < -0.3 is 4.74 Å². The summed E-state index contributed by atoms with van der Waals surface area (Å²) in [5, 5.41) is 14.8. The molecule has 0 amide bonds. The number of fused-ring (bicyclic) bond motifs is 2. The lowest BCUT2D eigenvalue weighted by Crippen LogP contribution is -2.50. The second-order valence-electron chi connectivity index (χ2n) is 9.02. The Morgan fingerprint density at radius 2 is 2.21 bits per heavy atom. The van der Waals surface area contributed by atoms with E-state index in [4.69, 9.17) is 16.3 Å². The normalized spacial score (nSPS) is 23.7. The molecule has 176 valence electrons. The van der Waals surface area contributed by atoms with Crippen molar-refractivity contribution in [1.82, 2.24) is 35.1 Å². The number of aromatic amines is 1. The number of aryl methyl sites for hydroxylation is 1. The van der Waals surface area contributed by atoms with Crippen molar-refractivity contribution in [2.45, 2.75) is 63.8 Å². The number of halogens is 3. The quantitative estimate of drug-likeness (QED) is 0.604. The molecule has 2 aliphatic heterocycles.